The Morgan fingerprint density at radius 2 is 1.52 bits per heavy atom. The van der Waals surface area contributed by atoms with E-state index in [1.807, 2.05) is 56.3 Å². The Morgan fingerprint density at radius 1 is 0.966 bits per heavy atom. The molecule has 0 aliphatic rings. The third-order valence-electron chi connectivity index (χ3n) is 3.97. The number of carboxylic acid groups (broad SMARTS) is 1. The lowest BCUT2D eigenvalue weighted by Gasteiger charge is -2.23. The quantitative estimate of drug-likeness (QED) is 0.628. The minimum atomic E-state index is -0.884. The third-order valence-corrected chi connectivity index (χ3v) is 3.97. The van der Waals surface area contributed by atoms with Crippen LogP contribution in [-0.4, -0.2) is 28.8 Å². The molecule has 0 saturated carbocycles. The molecule has 1 unspecified atom stereocenters. The van der Waals surface area contributed by atoms with Gasteiger partial charge in [0.05, 0.1) is 0 Å². The van der Waals surface area contributed by atoms with Crippen molar-refractivity contribution in [1.82, 2.24) is 5.32 Å². The number of aliphatic carboxylic acids is 1. The average molecular weight is 400 g/mol. The minimum Gasteiger partial charge on any atom is -0.481 e. The minimum absolute atomic E-state index is 0.0113. The number of rotatable bonds is 7. The molecule has 1 amide bonds. The van der Waals surface area contributed by atoms with E-state index in [1.54, 1.807) is 20.8 Å². The smallest absolute Gasteiger partial charge is 0.407 e. The maximum absolute atomic E-state index is 12.1. The third kappa shape index (κ3) is 9.79. The number of carbonyl (C=O) groups is 2. The predicted octanol–water partition coefficient (Wildman–Crippen LogP) is 5.68. The van der Waals surface area contributed by atoms with Crippen LogP contribution in [0, 0.1) is 0 Å². The van der Waals surface area contributed by atoms with Crippen LogP contribution in [0.3, 0.4) is 0 Å². The van der Waals surface area contributed by atoms with Crippen LogP contribution in [0.4, 0.5) is 4.79 Å². The van der Waals surface area contributed by atoms with Crippen LogP contribution in [0.25, 0.3) is 11.1 Å². The maximum atomic E-state index is 12.1. The van der Waals surface area contributed by atoms with Crippen molar-refractivity contribution >= 4 is 12.1 Å². The number of amides is 1. The molecule has 0 aromatic heterocycles. The molecule has 2 aromatic rings. The van der Waals surface area contributed by atoms with E-state index in [1.165, 1.54) is 0 Å². The van der Waals surface area contributed by atoms with Crippen LogP contribution in [0.15, 0.2) is 54.6 Å². The zero-order chi connectivity index (χ0) is 21.9. The first-order valence-electron chi connectivity index (χ1n) is 10.1. The Morgan fingerprint density at radius 3 is 2.03 bits per heavy atom. The van der Waals surface area contributed by atoms with Gasteiger partial charge in [-0.2, -0.15) is 0 Å². The van der Waals surface area contributed by atoms with Crippen molar-refractivity contribution in [2.24, 2.45) is 0 Å². The highest BCUT2D eigenvalue weighted by atomic mass is 16.6. The van der Waals surface area contributed by atoms with E-state index in [2.05, 4.69) is 17.4 Å². The molecule has 0 saturated heterocycles. The second kappa shape index (κ2) is 11.9. The topological polar surface area (TPSA) is 75.6 Å². The van der Waals surface area contributed by atoms with Crippen LogP contribution in [0.2, 0.25) is 0 Å². The highest BCUT2D eigenvalue weighted by Crippen LogP contribution is 2.20. The molecule has 5 nitrogen and oxygen atoms in total. The van der Waals surface area contributed by atoms with Gasteiger partial charge in [-0.05, 0) is 50.3 Å². The first-order valence-corrected chi connectivity index (χ1v) is 10.1. The zero-order valence-electron chi connectivity index (χ0n) is 18.1. The summed E-state index contributed by atoms with van der Waals surface area (Å²) < 4.78 is 5.29. The number of nitrogens with one attached hydrogen (secondary N) is 1. The molecule has 0 bridgehead atoms. The molecule has 2 N–H and O–H groups in total. The van der Waals surface area contributed by atoms with Crippen molar-refractivity contribution in [2.75, 3.05) is 0 Å². The molecule has 0 radical (unpaired) electrons. The number of alkyl carbamates (subject to hydrolysis) is 1. The summed E-state index contributed by atoms with van der Waals surface area (Å²) in [7, 11) is 0. The second-order valence-electron chi connectivity index (χ2n) is 7.54. The molecule has 2 aromatic carbocycles. The van der Waals surface area contributed by atoms with Crippen molar-refractivity contribution in [1.29, 1.82) is 0 Å². The second-order valence-corrected chi connectivity index (χ2v) is 7.54. The number of carboxylic acids is 1. The summed E-state index contributed by atoms with van der Waals surface area (Å²) in [4.78, 5) is 23.0. The normalized spacial score (nSPS) is 11.6. The number of ether oxygens (including phenoxy) is 1. The number of hydrogen-bond acceptors (Lipinski definition) is 3. The van der Waals surface area contributed by atoms with E-state index in [9.17, 15) is 9.59 Å². The van der Waals surface area contributed by atoms with E-state index in [0.29, 0.717) is 12.8 Å². The summed E-state index contributed by atoms with van der Waals surface area (Å²) in [6.07, 6.45) is 0.345. The molecule has 0 aliphatic heterocycles. The molecule has 0 fully saturated rings. The molecule has 0 heterocycles. The van der Waals surface area contributed by atoms with Crippen LogP contribution < -0.4 is 5.32 Å². The lowest BCUT2D eigenvalue weighted by Crippen LogP contribution is -2.40. The molecule has 1 atom stereocenters. The van der Waals surface area contributed by atoms with Gasteiger partial charge >= 0.3 is 12.1 Å². The van der Waals surface area contributed by atoms with Gasteiger partial charge in [0.1, 0.15) is 5.60 Å². The predicted molar refractivity (Wildman–Crippen MR) is 117 cm³/mol. The van der Waals surface area contributed by atoms with Crippen LogP contribution in [0.5, 0.6) is 0 Å². The monoisotopic (exact) mass is 399 g/mol. The Hall–Kier alpha value is -2.82. The van der Waals surface area contributed by atoms with E-state index in [-0.39, 0.29) is 12.5 Å². The van der Waals surface area contributed by atoms with Gasteiger partial charge in [0, 0.05) is 12.5 Å². The van der Waals surface area contributed by atoms with Crippen molar-refractivity contribution < 1.29 is 19.4 Å². The summed E-state index contributed by atoms with van der Waals surface area (Å²) in [5, 5.41) is 11.8. The van der Waals surface area contributed by atoms with Gasteiger partial charge in [-0.25, -0.2) is 4.79 Å². The Kier molecular flexibility index (Phi) is 9.93. The van der Waals surface area contributed by atoms with Gasteiger partial charge in [0.25, 0.3) is 0 Å². The fourth-order valence-electron chi connectivity index (χ4n) is 2.75. The lowest BCUT2D eigenvalue weighted by atomic mass is 9.98. The van der Waals surface area contributed by atoms with Crippen LogP contribution in [0.1, 0.15) is 53.0 Å². The Bertz CT molecular complexity index is 749. The van der Waals surface area contributed by atoms with Gasteiger partial charge in [0.2, 0.25) is 0 Å². The van der Waals surface area contributed by atoms with Gasteiger partial charge < -0.3 is 15.2 Å². The summed E-state index contributed by atoms with van der Waals surface area (Å²) in [6, 6.07) is 17.8. The summed E-state index contributed by atoms with van der Waals surface area (Å²) >= 11 is 0. The highest BCUT2D eigenvalue weighted by molar-refractivity contribution is 5.69. The zero-order valence-corrected chi connectivity index (χ0v) is 18.1. The van der Waals surface area contributed by atoms with Gasteiger partial charge in [-0.3, -0.25) is 4.79 Å². The van der Waals surface area contributed by atoms with E-state index < -0.39 is 17.7 Å². The first-order chi connectivity index (χ1) is 13.7. The number of benzene rings is 2. The highest BCUT2D eigenvalue weighted by Gasteiger charge is 2.20. The molecular weight excluding hydrogens is 366 g/mol. The van der Waals surface area contributed by atoms with Crippen molar-refractivity contribution in [3.8, 4) is 11.1 Å². The van der Waals surface area contributed by atoms with Crippen molar-refractivity contribution in [3.63, 3.8) is 0 Å². The van der Waals surface area contributed by atoms with Crippen LogP contribution in [-0.2, 0) is 16.0 Å². The molecule has 0 aliphatic carbocycles. The summed E-state index contributed by atoms with van der Waals surface area (Å²) in [5.41, 5.74) is 2.68. The van der Waals surface area contributed by atoms with Gasteiger partial charge in [-0.1, -0.05) is 68.4 Å². The van der Waals surface area contributed by atoms with Crippen molar-refractivity contribution in [2.45, 2.75) is 65.5 Å². The van der Waals surface area contributed by atoms with Crippen LogP contribution >= 0.6 is 0 Å². The Labute approximate surface area is 174 Å². The number of carbonyl (C=O) groups excluding carboxylic acids is 1. The SMILES string of the molecule is CC.CC(C)(C)OC(=O)NC(CCC(=O)O)Cc1ccc(-c2ccccc2)cc1. The summed E-state index contributed by atoms with van der Waals surface area (Å²) in [5.74, 6) is -0.884. The average Bonchev–Trinajstić information content (AvgIpc) is 2.67. The van der Waals surface area contributed by atoms with E-state index >= 15 is 0 Å². The summed E-state index contributed by atoms with van der Waals surface area (Å²) in [6.45, 7) is 9.38. The molecular formula is C24H33NO4. The maximum Gasteiger partial charge on any atom is 0.407 e. The fraction of sp³-hybridized carbons (Fsp3) is 0.417. The van der Waals surface area contributed by atoms with Gasteiger partial charge in [0.15, 0.2) is 0 Å². The van der Waals surface area contributed by atoms with Crippen molar-refractivity contribution in [3.05, 3.63) is 60.2 Å². The fourth-order valence-corrected chi connectivity index (χ4v) is 2.75. The van der Waals surface area contributed by atoms with E-state index in [0.717, 1.165) is 16.7 Å². The molecule has 158 valence electrons. The molecule has 2 rings (SSSR count). The molecule has 0 spiro atoms. The standard InChI is InChI=1S/C22H27NO4.C2H6/c1-22(2,3)27-21(26)23-19(13-14-20(24)25)15-16-9-11-18(12-10-16)17-7-5-4-6-8-17;1-2/h4-12,19H,13-15H2,1-3H3,(H,23,26)(H,24,25);1-2H3. The molecule has 29 heavy (non-hydrogen) atoms. The lowest BCUT2D eigenvalue weighted by molar-refractivity contribution is -0.137. The number of hydrogen-bond donors (Lipinski definition) is 2. The first kappa shape index (κ1) is 24.2. The largest absolute Gasteiger partial charge is 0.481 e. The molecule has 5 heteroatoms. The van der Waals surface area contributed by atoms with E-state index in [4.69, 9.17) is 9.84 Å². The Balaban J connectivity index is 0.00000204. The van der Waals surface area contributed by atoms with Gasteiger partial charge in [-0.15, -0.1) is 0 Å².